The lowest BCUT2D eigenvalue weighted by molar-refractivity contribution is -0.253. The van der Waals surface area contributed by atoms with Crippen LogP contribution in [0.25, 0.3) is 0 Å². The standard InChI is InChI=1S/C9H18O4/c1-4-8(9(10)11)7(3)6(2)5-13-12/h6-8,12H,4-5H2,1-3H3,(H,10,11)/t6?,7-,8+/m0/s1. The number of aliphatic carboxylic acids is 1. The van der Waals surface area contributed by atoms with Crippen molar-refractivity contribution in [2.24, 2.45) is 17.8 Å². The van der Waals surface area contributed by atoms with Crippen molar-refractivity contribution in [3.63, 3.8) is 0 Å². The molecule has 0 aliphatic carbocycles. The molecule has 0 saturated heterocycles. The summed E-state index contributed by atoms with van der Waals surface area (Å²) in [6, 6.07) is 0. The Balaban J connectivity index is 4.18. The Morgan fingerprint density at radius 1 is 1.46 bits per heavy atom. The van der Waals surface area contributed by atoms with Crippen LogP contribution >= 0.6 is 0 Å². The van der Waals surface area contributed by atoms with Gasteiger partial charge in [0.05, 0.1) is 12.5 Å². The first kappa shape index (κ1) is 12.4. The van der Waals surface area contributed by atoms with Crippen molar-refractivity contribution in [1.82, 2.24) is 0 Å². The molecule has 0 heterocycles. The van der Waals surface area contributed by atoms with E-state index in [0.29, 0.717) is 6.42 Å². The van der Waals surface area contributed by atoms with Gasteiger partial charge in [0.25, 0.3) is 0 Å². The Kier molecular flexibility index (Phi) is 5.66. The highest BCUT2D eigenvalue weighted by molar-refractivity contribution is 5.70. The Morgan fingerprint density at radius 2 is 2.00 bits per heavy atom. The lowest BCUT2D eigenvalue weighted by Crippen LogP contribution is -2.27. The van der Waals surface area contributed by atoms with Crippen LogP contribution in [0.15, 0.2) is 0 Å². The predicted molar refractivity (Wildman–Crippen MR) is 48.3 cm³/mol. The molecule has 0 fully saturated rings. The second-order valence-electron chi connectivity index (χ2n) is 3.49. The van der Waals surface area contributed by atoms with E-state index in [-0.39, 0.29) is 24.4 Å². The van der Waals surface area contributed by atoms with E-state index in [1.807, 2.05) is 20.8 Å². The maximum Gasteiger partial charge on any atom is 0.306 e. The third-order valence-electron chi connectivity index (χ3n) is 2.63. The molecule has 0 amide bonds. The first-order chi connectivity index (χ1) is 6.04. The van der Waals surface area contributed by atoms with Crippen molar-refractivity contribution in [3.05, 3.63) is 0 Å². The van der Waals surface area contributed by atoms with E-state index in [1.165, 1.54) is 0 Å². The minimum absolute atomic E-state index is 0.00894. The number of rotatable bonds is 6. The average molecular weight is 190 g/mol. The summed E-state index contributed by atoms with van der Waals surface area (Å²) in [5.74, 6) is -1.08. The fraction of sp³-hybridized carbons (Fsp3) is 0.889. The van der Waals surface area contributed by atoms with Crippen molar-refractivity contribution in [2.45, 2.75) is 27.2 Å². The molecule has 0 spiro atoms. The third kappa shape index (κ3) is 3.74. The van der Waals surface area contributed by atoms with Gasteiger partial charge in [-0.15, -0.1) is 0 Å². The Bertz CT molecular complexity index is 158. The fourth-order valence-electron chi connectivity index (χ4n) is 1.44. The molecule has 0 rings (SSSR count). The summed E-state index contributed by atoms with van der Waals surface area (Å²) in [5.41, 5.74) is 0. The van der Waals surface area contributed by atoms with E-state index in [1.54, 1.807) is 0 Å². The minimum Gasteiger partial charge on any atom is -0.481 e. The molecule has 0 bridgehead atoms. The van der Waals surface area contributed by atoms with Crippen LogP contribution < -0.4 is 0 Å². The van der Waals surface area contributed by atoms with Crippen molar-refractivity contribution in [1.29, 1.82) is 0 Å². The topological polar surface area (TPSA) is 66.8 Å². The van der Waals surface area contributed by atoms with E-state index in [9.17, 15) is 4.79 Å². The van der Waals surface area contributed by atoms with Gasteiger partial charge in [-0.05, 0) is 18.3 Å². The van der Waals surface area contributed by atoms with Crippen LogP contribution in [0.4, 0.5) is 0 Å². The Hall–Kier alpha value is -0.610. The number of hydrogen-bond donors (Lipinski definition) is 2. The van der Waals surface area contributed by atoms with Crippen molar-refractivity contribution < 1.29 is 20.0 Å². The van der Waals surface area contributed by atoms with E-state index < -0.39 is 5.97 Å². The molecule has 0 aliphatic rings. The maximum absolute atomic E-state index is 10.8. The fourth-order valence-corrected chi connectivity index (χ4v) is 1.44. The van der Waals surface area contributed by atoms with Crippen LogP contribution in [0.3, 0.4) is 0 Å². The lowest BCUT2D eigenvalue weighted by atomic mass is 9.83. The van der Waals surface area contributed by atoms with Gasteiger partial charge in [-0.2, -0.15) is 0 Å². The van der Waals surface area contributed by atoms with Gasteiger partial charge in [-0.25, -0.2) is 4.89 Å². The van der Waals surface area contributed by atoms with E-state index in [0.717, 1.165) is 0 Å². The molecule has 0 aromatic rings. The molecule has 78 valence electrons. The van der Waals surface area contributed by atoms with Crippen molar-refractivity contribution in [3.8, 4) is 0 Å². The SMILES string of the molecule is CC[C@@H](C(=O)O)[C@@H](C)C(C)COO. The van der Waals surface area contributed by atoms with Crippen LogP contribution in [-0.2, 0) is 9.68 Å². The Morgan fingerprint density at radius 3 is 2.31 bits per heavy atom. The van der Waals surface area contributed by atoms with Crippen LogP contribution in [0.1, 0.15) is 27.2 Å². The van der Waals surface area contributed by atoms with Crippen LogP contribution in [0, 0.1) is 17.8 Å². The second kappa shape index (κ2) is 5.94. The van der Waals surface area contributed by atoms with E-state index in [2.05, 4.69) is 4.89 Å². The van der Waals surface area contributed by atoms with Gasteiger partial charge in [0.2, 0.25) is 0 Å². The molecule has 4 heteroatoms. The summed E-state index contributed by atoms with van der Waals surface area (Å²) >= 11 is 0. The number of hydrogen-bond acceptors (Lipinski definition) is 3. The van der Waals surface area contributed by atoms with Crippen molar-refractivity contribution in [2.75, 3.05) is 6.61 Å². The van der Waals surface area contributed by atoms with Gasteiger partial charge in [-0.3, -0.25) is 10.1 Å². The summed E-state index contributed by atoms with van der Waals surface area (Å²) in [6.07, 6.45) is 0.603. The highest BCUT2D eigenvalue weighted by Gasteiger charge is 2.27. The second-order valence-corrected chi connectivity index (χ2v) is 3.49. The molecule has 4 nitrogen and oxygen atoms in total. The summed E-state index contributed by atoms with van der Waals surface area (Å²) in [7, 11) is 0. The molecule has 2 N–H and O–H groups in total. The van der Waals surface area contributed by atoms with E-state index >= 15 is 0 Å². The molecule has 0 aromatic heterocycles. The zero-order valence-corrected chi connectivity index (χ0v) is 8.36. The normalized spacial score (nSPS) is 17.8. The molecule has 0 aromatic carbocycles. The van der Waals surface area contributed by atoms with Crippen molar-refractivity contribution >= 4 is 5.97 Å². The summed E-state index contributed by atoms with van der Waals surface area (Å²) in [4.78, 5) is 14.8. The summed E-state index contributed by atoms with van der Waals surface area (Å²) in [6.45, 7) is 5.77. The molecule has 3 atom stereocenters. The zero-order chi connectivity index (χ0) is 10.4. The van der Waals surface area contributed by atoms with Crippen LogP contribution in [-0.4, -0.2) is 22.9 Å². The van der Waals surface area contributed by atoms with Gasteiger partial charge < -0.3 is 5.11 Å². The lowest BCUT2D eigenvalue weighted by Gasteiger charge is -2.23. The monoisotopic (exact) mass is 190 g/mol. The van der Waals surface area contributed by atoms with Gasteiger partial charge in [0.1, 0.15) is 0 Å². The predicted octanol–water partition coefficient (Wildman–Crippen LogP) is 1.86. The van der Waals surface area contributed by atoms with Gasteiger partial charge in [-0.1, -0.05) is 20.8 Å². The molecule has 13 heavy (non-hydrogen) atoms. The maximum atomic E-state index is 10.8. The molecule has 0 radical (unpaired) electrons. The number of carboxylic acid groups (broad SMARTS) is 1. The largest absolute Gasteiger partial charge is 0.481 e. The number of carbonyl (C=O) groups is 1. The van der Waals surface area contributed by atoms with Gasteiger partial charge in [0.15, 0.2) is 0 Å². The zero-order valence-electron chi connectivity index (χ0n) is 8.36. The summed E-state index contributed by atoms with van der Waals surface area (Å²) in [5, 5.41) is 17.1. The quantitative estimate of drug-likeness (QED) is 0.495. The number of carboxylic acids is 1. The third-order valence-corrected chi connectivity index (χ3v) is 2.63. The average Bonchev–Trinajstić information content (AvgIpc) is 2.05. The van der Waals surface area contributed by atoms with Crippen LogP contribution in [0.5, 0.6) is 0 Å². The highest BCUT2D eigenvalue weighted by atomic mass is 17.1. The minimum atomic E-state index is -0.778. The first-order valence-corrected chi connectivity index (χ1v) is 4.53. The Labute approximate surface area is 78.5 Å². The molecule has 0 aliphatic heterocycles. The van der Waals surface area contributed by atoms with Gasteiger partial charge in [0, 0.05) is 0 Å². The van der Waals surface area contributed by atoms with Crippen LogP contribution in [0.2, 0.25) is 0 Å². The smallest absolute Gasteiger partial charge is 0.306 e. The summed E-state index contributed by atoms with van der Waals surface area (Å²) < 4.78 is 0. The molecule has 0 saturated carbocycles. The first-order valence-electron chi connectivity index (χ1n) is 4.53. The molecule has 1 unspecified atom stereocenters. The van der Waals surface area contributed by atoms with Gasteiger partial charge >= 0.3 is 5.97 Å². The van der Waals surface area contributed by atoms with E-state index in [4.69, 9.17) is 10.4 Å². The molecular weight excluding hydrogens is 172 g/mol. The highest BCUT2D eigenvalue weighted by Crippen LogP contribution is 2.23. The molecular formula is C9H18O4.